The summed E-state index contributed by atoms with van der Waals surface area (Å²) >= 11 is 1.34. The number of amides is 1. The second-order valence-corrected chi connectivity index (χ2v) is 8.26. The molecule has 1 amide bonds. The Balaban J connectivity index is 1.53. The fraction of sp³-hybridized carbons (Fsp3) is 0.125. The predicted molar refractivity (Wildman–Crippen MR) is 127 cm³/mol. The summed E-state index contributed by atoms with van der Waals surface area (Å²) in [6.45, 7) is 0.362. The summed E-state index contributed by atoms with van der Waals surface area (Å²) in [4.78, 5) is 34.4. The second-order valence-electron chi connectivity index (χ2n) is 7.32. The standard InChI is InChI=1S/C24H20N4O3S/c1-31-16-8-9-19-18(13-16)15(14-25-19)10-11-28-23(30)17-5-2-3-6-20(17)26-24(28)27-22(29)21-7-4-12-32-21/h2-9,12-14,25H,10-11H2,1H3,(H,26,27,29). The maximum Gasteiger partial charge on any atom is 0.268 e. The van der Waals surface area contributed by atoms with E-state index in [9.17, 15) is 9.59 Å². The molecule has 0 atom stereocenters. The second kappa shape index (κ2) is 8.32. The zero-order chi connectivity index (χ0) is 22.1. The van der Waals surface area contributed by atoms with E-state index < -0.39 is 0 Å². The maximum atomic E-state index is 13.3. The number of ether oxygens (including phenoxy) is 1. The van der Waals surface area contributed by atoms with E-state index in [1.807, 2.05) is 48.0 Å². The van der Waals surface area contributed by atoms with Crippen molar-refractivity contribution in [1.82, 2.24) is 14.5 Å². The largest absolute Gasteiger partial charge is 0.497 e. The summed E-state index contributed by atoms with van der Waals surface area (Å²) in [5.74, 6) is 0.726. The molecule has 3 aromatic heterocycles. The molecule has 0 saturated carbocycles. The van der Waals surface area contributed by atoms with Crippen molar-refractivity contribution < 1.29 is 9.53 Å². The van der Waals surface area contributed by atoms with Crippen LogP contribution in [0.3, 0.4) is 0 Å². The van der Waals surface area contributed by atoms with Crippen LogP contribution in [0.25, 0.3) is 21.8 Å². The van der Waals surface area contributed by atoms with Gasteiger partial charge in [0.1, 0.15) is 5.75 Å². The molecule has 32 heavy (non-hydrogen) atoms. The number of benzene rings is 2. The monoisotopic (exact) mass is 444 g/mol. The molecule has 0 fully saturated rings. The number of thiophene rings is 1. The minimum Gasteiger partial charge on any atom is -0.497 e. The number of hydrogen-bond donors (Lipinski definition) is 2. The molecule has 2 aromatic carbocycles. The van der Waals surface area contributed by atoms with E-state index >= 15 is 0 Å². The van der Waals surface area contributed by atoms with Gasteiger partial charge < -0.3 is 9.72 Å². The molecule has 0 saturated heterocycles. The zero-order valence-corrected chi connectivity index (χ0v) is 18.1. The Morgan fingerprint density at radius 3 is 2.84 bits per heavy atom. The van der Waals surface area contributed by atoms with Gasteiger partial charge in [0.25, 0.3) is 11.5 Å². The molecule has 8 heteroatoms. The number of methoxy groups -OCH3 is 1. The number of hydrogen-bond acceptors (Lipinski definition) is 5. The van der Waals surface area contributed by atoms with Crippen LogP contribution in [0.15, 0.2) is 71.0 Å². The smallest absolute Gasteiger partial charge is 0.268 e. The Hall–Kier alpha value is -3.91. The number of fused-ring (bicyclic) bond motifs is 2. The van der Waals surface area contributed by atoms with Gasteiger partial charge in [0, 0.05) is 23.6 Å². The Kier molecular flexibility index (Phi) is 5.20. The molecule has 160 valence electrons. The first-order valence-electron chi connectivity index (χ1n) is 10.1. The van der Waals surface area contributed by atoms with Gasteiger partial charge in [-0.3, -0.25) is 19.5 Å². The van der Waals surface area contributed by atoms with E-state index in [0.29, 0.717) is 28.7 Å². The Morgan fingerprint density at radius 1 is 1.16 bits per heavy atom. The number of carbonyl (C=O) groups is 1. The molecule has 0 aliphatic heterocycles. The minimum atomic E-state index is -0.284. The van der Waals surface area contributed by atoms with Gasteiger partial charge in [-0.05, 0) is 53.8 Å². The SMILES string of the molecule is COc1ccc2[nH]cc(CCn3c(NC(=O)c4cccs4)nc4ccccc4c3=O)c2c1. The number of rotatable bonds is 6. The van der Waals surface area contributed by atoms with Crippen LogP contribution < -0.4 is 15.6 Å². The van der Waals surface area contributed by atoms with Crippen LogP contribution in [0.4, 0.5) is 5.95 Å². The van der Waals surface area contributed by atoms with Crippen molar-refractivity contribution in [3.05, 3.63) is 87.0 Å². The normalized spacial score (nSPS) is 11.2. The van der Waals surface area contributed by atoms with Crippen molar-refractivity contribution in [2.45, 2.75) is 13.0 Å². The quantitative estimate of drug-likeness (QED) is 0.405. The summed E-state index contributed by atoms with van der Waals surface area (Å²) in [6.07, 6.45) is 2.52. The van der Waals surface area contributed by atoms with Crippen LogP contribution in [0.5, 0.6) is 5.75 Å². The van der Waals surface area contributed by atoms with Gasteiger partial charge in [-0.25, -0.2) is 4.98 Å². The summed E-state index contributed by atoms with van der Waals surface area (Å²) in [5, 5.41) is 6.21. The lowest BCUT2D eigenvalue weighted by atomic mass is 10.1. The molecule has 0 aliphatic rings. The van der Waals surface area contributed by atoms with Gasteiger partial charge >= 0.3 is 0 Å². The summed E-state index contributed by atoms with van der Waals surface area (Å²) < 4.78 is 6.88. The van der Waals surface area contributed by atoms with Gasteiger partial charge in [0.2, 0.25) is 5.95 Å². The maximum absolute atomic E-state index is 13.3. The third kappa shape index (κ3) is 3.65. The van der Waals surface area contributed by atoms with E-state index in [1.165, 1.54) is 15.9 Å². The third-order valence-corrected chi connectivity index (χ3v) is 6.28. The summed E-state index contributed by atoms with van der Waals surface area (Å²) in [6, 6.07) is 16.6. The van der Waals surface area contributed by atoms with Crippen LogP contribution >= 0.6 is 11.3 Å². The molecule has 0 unspecified atom stereocenters. The van der Waals surface area contributed by atoms with Gasteiger partial charge in [-0.15, -0.1) is 11.3 Å². The minimum absolute atomic E-state index is 0.186. The number of nitrogens with one attached hydrogen (secondary N) is 2. The van der Waals surface area contributed by atoms with Crippen molar-refractivity contribution in [3.8, 4) is 5.75 Å². The number of aromatic amines is 1. The highest BCUT2D eigenvalue weighted by atomic mass is 32.1. The molecule has 5 aromatic rings. The molecule has 0 radical (unpaired) electrons. The van der Waals surface area contributed by atoms with Crippen molar-refractivity contribution in [2.75, 3.05) is 12.4 Å². The Morgan fingerprint density at radius 2 is 2.03 bits per heavy atom. The van der Waals surface area contributed by atoms with Crippen molar-refractivity contribution >= 4 is 45.0 Å². The fourth-order valence-corrected chi connectivity index (χ4v) is 4.38. The van der Waals surface area contributed by atoms with Crippen LogP contribution in [0.2, 0.25) is 0 Å². The Bertz CT molecular complexity index is 1480. The summed E-state index contributed by atoms with van der Waals surface area (Å²) in [7, 11) is 1.64. The van der Waals surface area contributed by atoms with Crippen LogP contribution in [0.1, 0.15) is 15.2 Å². The average Bonchev–Trinajstić information content (AvgIpc) is 3.49. The lowest BCUT2D eigenvalue weighted by molar-refractivity contribution is 0.102. The number of aromatic nitrogens is 3. The van der Waals surface area contributed by atoms with E-state index in [4.69, 9.17) is 4.74 Å². The molecule has 3 heterocycles. The van der Waals surface area contributed by atoms with Crippen molar-refractivity contribution in [2.24, 2.45) is 0 Å². The highest BCUT2D eigenvalue weighted by Gasteiger charge is 2.16. The summed E-state index contributed by atoms with van der Waals surface area (Å²) in [5.41, 5.74) is 2.41. The number of H-pyrrole nitrogens is 1. The van der Waals surface area contributed by atoms with E-state index in [-0.39, 0.29) is 17.4 Å². The molecule has 0 spiro atoms. The molecule has 5 rings (SSSR count). The number of nitrogens with zero attached hydrogens (tertiary/aromatic N) is 2. The lowest BCUT2D eigenvalue weighted by Gasteiger charge is -2.14. The van der Waals surface area contributed by atoms with E-state index in [0.717, 1.165) is 22.2 Å². The van der Waals surface area contributed by atoms with Crippen LogP contribution in [-0.2, 0) is 13.0 Å². The Labute approximate surface area is 187 Å². The van der Waals surface area contributed by atoms with Gasteiger partial charge in [-0.2, -0.15) is 0 Å². The van der Waals surface area contributed by atoms with E-state index in [1.54, 1.807) is 25.3 Å². The molecule has 2 N–H and O–H groups in total. The predicted octanol–water partition coefficient (Wildman–Crippen LogP) is 4.44. The fourth-order valence-electron chi connectivity index (χ4n) is 3.77. The third-order valence-electron chi connectivity index (χ3n) is 5.41. The average molecular weight is 445 g/mol. The number of para-hydroxylation sites is 1. The highest BCUT2D eigenvalue weighted by molar-refractivity contribution is 7.12. The number of carbonyl (C=O) groups excluding carboxylic acids is 1. The van der Waals surface area contributed by atoms with Crippen LogP contribution in [0, 0.1) is 0 Å². The molecule has 0 aliphatic carbocycles. The molecular formula is C24H20N4O3S. The van der Waals surface area contributed by atoms with Crippen LogP contribution in [-0.4, -0.2) is 27.6 Å². The molecule has 7 nitrogen and oxygen atoms in total. The first-order chi connectivity index (χ1) is 15.6. The van der Waals surface area contributed by atoms with Gasteiger partial charge in [0.15, 0.2) is 0 Å². The number of aryl methyl sites for hydroxylation is 1. The van der Waals surface area contributed by atoms with Gasteiger partial charge in [0.05, 0.1) is 22.9 Å². The van der Waals surface area contributed by atoms with Gasteiger partial charge in [-0.1, -0.05) is 18.2 Å². The first kappa shape index (κ1) is 20.0. The number of anilines is 1. The topological polar surface area (TPSA) is 89.0 Å². The molecular weight excluding hydrogens is 424 g/mol. The van der Waals surface area contributed by atoms with E-state index in [2.05, 4.69) is 15.3 Å². The lowest BCUT2D eigenvalue weighted by Crippen LogP contribution is -2.28. The highest BCUT2D eigenvalue weighted by Crippen LogP contribution is 2.24. The zero-order valence-electron chi connectivity index (χ0n) is 17.3. The van der Waals surface area contributed by atoms with Crippen molar-refractivity contribution in [1.29, 1.82) is 0 Å². The first-order valence-corrected chi connectivity index (χ1v) is 11.0. The van der Waals surface area contributed by atoms with Crippen molar-refractivity contribution in [3.63, 3.8) is 0 Å². The molecule has 0 bridgehead atoms.